The number of likely N-dealkylation sites (tertiary alicyclic amines) is 1. The minimum Gasteiger partial charge on any atom is -0.453 e. The normalized spacial score (nSPS) is 21.5. The Balaban J connectivity index is 1.48. The zero-order chi connectivity index (χ0) is 27.7. The Kier molecular flexibility index (Phi) is 7.69. The van der Waals surface area contributed by atoms with Gasteiger partial charge in [-0.25, -0.2) is 23.5 Å². The molecule has 14 heteroatoms. The van der Waals surface area contributed by atoms with Crippen molar-refractivity contribution in [2.24, 2.45) is 11.7 Å². The molecule has 3 heterocycles. The van der Waals surface area contributed by atoms with E-state index in [0.717, 1.165) is 12.8 Å². The summed E-state index contributed by atoms with van der Waals surface area (Å²) in [6.07, 6.45) is 5.20. The summed E-state index contributed by atoms with van der Waals surface area (Å²) in [5.41, 5.74) is 6.34. The highest BCUT2D eigenvalue weighted by Crippen LogP contribution is 2.37. The van der Waals surface area contributed by atoms with Crippen LogP contribution in [0, 0.1) is 17.6 Å². The predicted molar refractivity (Wildman–Crippen MR) is 141 cm³/mol. The first-order chi connectivity index (χ1) is 18.7. The molecule has 0 spiro atoms. The van der Waals surface area contributed by atoms with Gasteiger partial charge in [0.05, 0.1) is 24.0 Å². The van der Waals surface area contributed by atoms with E-state index in [4.69, 9.17) is 27.1 Å². The fourth-order valence-corrected chi connectivity index (χ4v) is 5.47. The first-order valence-corrected chi connectivity index (χ1v) is 13.2. The second-order valence-electron chi connectivity index (χ2n) is 9.86. The summed E-state index contributed by atoms with van der Waals surface area (Å²) in [7, 11) is 1.35. The van der Waals surface area contributed by atoms with E-state index in [-0.39, 0.29) is 46.7 Å². The smallest absolute Gasteiger partial charge is 0.409 e. The average Bonchev–Trinajstić information content (AvgIpc) is 3.30. The number of carbonyl (C=O) groups excluding carboxylic acids is 2. The van der Waals surface area contributed by atoms with Gasteiger partial charge in [-0.1, -0.05) is 11.6 Å². The number of ether oxygens (including phenoxy) is 1. The number of benzene rings is 1. The van der Waals surface area contributed by atoms with Crippen molar-refractivity contribution in [1.82, 2.24) is 24.4 Å². The zero-order valence-corrected chi connectivity index (χ0v) is 22.0. The van der Waals surface area contributed by atoms with E-state index in [0.29, 0.717) is 55.9 Å². The van der Waals surface area contributed by atoms with E-state index in [9.17, 15) is 18.4 Å². The molecule has 0 radical (unpaired) electrons. The predicted octanol–water partition coefficient (Wildman–Crippen LogP) is 4.36. The quantitative estimate of drug-likeness (QED) is 0.376. The highest BCUT2D eigenvalue weighted by Gasteiger charge is 2.30. The Hall–Kier alpha value is -3.74. The number of imidazole rings is 1. The minimum absolute atomic E-state index is 0.0820. The van der Waals surface area contributed by atoms with Gasteiger partial charge in [-0.2, -0.15) is 4.98 Å². The third-order valence-electron chi connectivity index (χ3n) is 7.37. The number of anilines is 3. The number of rotatable bonds is 6. The fourth-order valence-electron chi connectivity index (χ4n) is 5.33. The molecular weight excluding hydrogens is 534 g/mol. The van der Waals surface area contributed by atoms with Gasteiger partial charge in [0.1, 0.15) is 5.52 Å². The SMILES string of the molecule is COC(=O)N1CCCC(Nc2ncc3nc(Nc4ccc(Cl)c(F)c4F)n(C4CCC(C(N)=O)CC4)c3n2)C1. The van der Waals surface area contributed by atoms with Crippen molar-refractivity contribution in [2.45, 2.75) is 50.6 Å². The standard InChI is InChI=1S/C25H29ClF2N8O3/c1-39-25(38)35-10-2-3-14(12-35)31-23-30-11-18-22(34-23)36(15-6-4-13(5-7-15)21(29)37)24(33-18)32-17-9-8-16(26)19(27)20(17)28/h8-9,11,13-15H,2-7,10,12H2,1H3,(H2,29,37)(H,32,33)(H,30,31,34). The Morgan fingerprint density at radius 2 is 1.90 bits per heavy atom. The maximum absolute atomic E-state index is 14.7. The Labute approximate surface area is 228 Å². The zero-order valence-electron chi connectivity index (χ0n) is 21.3. The van der Waals surface area contributed by atoms with Gasteiger partial charge in [0.2, 0.25) is 17.8 Å². The maximum Gasteiger partial charge on any atom is 0.409 e. The lowest BCUT2D eigenvalue weighted by Crippen LogP contribution is -2.45. The Morgan fingerprint density at radius 3 is 2.62 bits per heavy atom. The molecule has 2 aromatic heterocycles. The summed E-state index contributed by atoms with van der Waals surface area (Å²) in [5.74, 6) is -2.23. The van der Waals surface area contributed by atoms with Gasteiger partial charge < -0.3 is 26.0 Å². The lowest BCUT2D eigenvalue weighted by Gasteiger charge is -2.32. The van der Waals surface area contributed by atoms with Gasteiger partial charge in [0.15, 0.2) is 17.3 Å². The molecule has 4 N–H and O–H groups in total. The molecule has 3 aromatic rings. The molecule has 1 atom stereocenters. The fraction of sp³-hybridized carbons (Fsp3) is 0.480. The number of aromatic nitrogens is 4. The molecule has 39 heavy (non-hydrogen) atoms. The van der Waals surface area contributed by atoms with Crippen LogP contribution in [0.4, 0.5) is 31.2 Å². The van der Waals surface area contributed by atoms with E-state index in [2.05, 4.69) is 20.6 Å². The van der Waals surface area contributed by atoms with E-state index in [1.165, 1.54) is 19.2 Å². The number of carbonyl (C=O) groups is 2. The number of hydrogen-bond donors (Lipinski definition) is 3. The largest absolute Gasteiger partial charge is 0.453 e. The minimum atomic E-state index is -1.16. The average molecular weight is 563 g/mol. The van der Waals surface area contributed by atoms with Crippen molar-refractivity contribution in [1.29, 1.82) is 0 Å². The number of nitrogens with two attached hydrogens (primary N) is 1. The van der Waals surface area contributed by atoms with Gasteiger partial charge in [0.25, 0.3) is 0 Å². The molecule has 0 bridgehead atoms. The summed E-state index contributed by atoms with van der Waals surface area (Å²) in [6, 6.07) is 2.39. The third-order valence-corrected chi connectivity index (χ3v) is 7.66. The number of nitrogens with zero attached hydrogens (tertiary/aromatic N) is 5. The van der Waals surface area contributed by atoms with Gasteiger partial charge in [-0.05, 0) is 50.7 Å². The molecule has 1 aromatic carbocycles. The van der Waals surface area contributed by atoms with Gasteiger partial charge in [-0.3, -0.25) is 9.36 Å². The van der Waals surface area contributed by atoms with Crippen LogP contribution in [0.1, 0.15) is 44.6 Å². The molecular formula is C25H29ClF2N8O3. The number of hydrogen-bond acceptors (Lipinski definition) is 8. The topological polar surface area (TPSA) is 140 Å². The van der Waals surface area contributed by atoms with Crippen molar-refractivity contribution in [3.05, 3.63) is 35.0 Å². The van der Waals surface area contributed by atoms with Crippen LogP contribution in [0.5, 0.6) is 0 Å². The lowest BCUT2D eigenvalue weighted by atomic mass is 9.85. The Bertz CT molecular complexity index is 1400. The van der Waals surface area contributed by atoms with E-state index in [1.807, 2.05) is 4.57 Å². The highest BCUT2D eigenvalue weighted by molar-refractivity contribution is 6.30. The molecule has 1 saturated heterocycles. The summed E-state index contributed by atoms with van der Waals surface area (Å²) >= 11 is 5.72. The van der Waals surface area contributed by atoms with Crippen molar-refractivity contribution < 1.29 is 23.1 Å². The van der Waals surface area contributed by atoms with Crippen LogP contribution in [-0.2, 0) is 9.53 Å². The molecule has 2 aliphatic rings. The van der Waals surface area contributed by atoms with Gasteiger partial charge >= 0.3 is 6.09 Å². The van der Waals surface area contributed by atoms with Crippen molar-refractivity contribution >= 4 is 52.3 Å². The molecule has 1 aliphatic carbocycles. The van der Waals surface area contributed by atoms with Gasteiger partial charge in [-0.15, -0.1) is 0 Å². The first kappa shape index (κ1) is 26.9. The van der Waals surface area contributed by atoms with Crippen LogP contribution >= 0.6 is 11.6 Å². The molecule has 11 nitrogen and oxygen atoms in total. The van der Waals surface area contributed by atoms with Gasteiger partial charge in [0, 0.05) is 31.1 Å². The van der Waals surface area contributed by atoms with Crippen molar-refractivity contribution in [3.63, 3.8) is 0 Å². The van der Waals surface area contributed by atoms with Crippen LogP contribution in [0.3, 0.4) is 0 Å². The number of halogens is 3. The second-order valence-corrected chi connectivity index (χ2v) is 10.3. The molecule has 2 amide bonds. The number of piperidine rings is 1. The summed E-state index contributed by atoms with van der Waals surface area (Å²) in [6.45, 7) is 1.06. The summed E-state index contributed by atoms with van der Waals surface area (Å²) < 4.78 is 35.5. The van der Waals surface area contributed by atoms with E-state index in [1.54, 1.807) is 11.1 Å². The van der Waals surface area contributed by atoms with Crippen LogP contribution in [0.15, 0.2) is 18.3 Å². The second kappa shape index (κ2) is 11.2. The van der Waals surface area contributed by atoms with E-state index < -0.39 is 11.6 Å². The first-order valence-electron chi connectivity index (χ1n) is 12.8. The number of amides is 2. The Morgan fingerprint density at radius 1 is 1.13 bits per heavy atom. The number of fused-ring (bicyclic) bond motifs is 1. The molecule has 208 valence electrons. The van der Waals surface area contributed by atoms with Crippen LogP contribution in [0.25, 0.3) is 11.2 Å². The van der Waals surface area contributed by atoms with Crippen LogP contribution in [-0.4, -0.2) is 62.7 Å². The van der Waals surface area contributed by atoms with Crippen molar-refractivity contribution in [3.8, 4) is 0 Å². The highest BCUT2D eigenvalue weighted by atomic mass is 35.5. The molecule has 1 saturated carbocycles. The lowest BCUT2D eigenvalue weighted by molar-refractivity contribution is -0.122. The molecule has 1 aliphatic heterocycles. The maximum atomic E-state index is 14.7. The van der Waals surface area contributed by atoms with Crippen LogP contribution < -0.4 is 16.4 Å². The molecule has 5 rings (SSSR count). The number of nitrogens with one attached hydrogen (secondary N) is 2. The molecule has 1 unspecified atom stereocenters. The third kappa shape index (κ3) is 5.54. The molecule has 2 fully saturated rings. The monoisotopic (exact) mass is 562 g/mol. The number of primary amides is 1. The summed E-state index contributed by atoms with van der Waals surface area (Å²) in [4.78, 5) is 39.0. The summed E-state index contributed by atoms with van der Waals surface area (Å²) in [5, 5.41) is 5.87. The van der Waals surface area contributed by atoms with E-state index >= 15 is 0 Å². The van der Waals surface area contributed by atoms with Crippen molar-refractivity contribution in [2.75, 3.05) is 30.8 Å². The number of methoxy groups -OCH3 is 1. The van der Waals surface area contributed by atoms with Crippen LogP contribution in [0.2, 0.25) is 5.02 Å².